The van der Waals surface area contributed by atoms with Crippen molar-refractivity contribution in [3.8, 4) is 51.7 Å². The van der Waals surface area contributed by atoms with Crippen LogP contribution in [0, 0.1) is 0 Å². The molecule has 0 N–H and O–H groups in total. The van der Waals surface area contributed by atoms with E-state index in [-0.39, 0.29) is 97.7 Å². The Labute approximate surface area is 705 Å². The molecule has 0 bridgehead atoms. The van der Waals surface area contributed by atoms with Crippen molar-refractivity contribution in [3.63, 3.8) is 0 Å². The van der Waals surface area contributed by atoms with Crippen molar-refractivity contribution in [1.29, 1.82) is 0 Å². The Kier molecular flexibility index (Phi) is 33.0. The standard InChI is InChI=1S/C102H98O19/c103-91(57-25-49-72-33-9-1-10-34-72)112-82-69-84(113-92(104)58-26-50-73-35-11-2-12-36-73)83-71-90(119-102(111)81-67-88(116-95(107)61-29-53-76-41-17-5-18-42-76)101(121-98(110)64-32-56-79-47-23-8-24-48-79)89(68-81)117-96(108)62-30-54-77-43-19-6-20-44-77)99(118-85(83)70-82)80-65-86(114-93(105)59-27-51-74-37-13-3-14-38-74)100(120-97(109)63-31-55-78-45-21-7-22-46-78)87(66-80)115-94(106)60-28-52-75-39-15-4-16-40-75/h1-24,33-48,65-70,90,99H,25-32,49-64,71H2/t90-,99?/m1/s1. The normalized spacial score (nSPS) is 12.6. The van der Waals surface area contributed by atoms with Gasteiger partial charge in [0, 0.05) is 81.0 Å². The highest BCUT2D eigenvalue weighted by molar-refractivity contribution is 5.93. The summed E-state index contributed by atoms with van der Waals surface area (Å²) in [4.78, 5) is 131. The molecule has 1 aliphatic rings. The highest BCUT2D eigenvalue weighted by atomic mass is 16.6. The van der Waals surface area contributed by atoms with Crippen LogP contribution in [0.1, 0.15) is 175 Å². The minimum atomic E-state index is -1.59. The Balaban J connectivity index is 0.968. The van der Waals surface area contributed by atoms with E-state index >= 15 is 4.79 Å². The zero-order chi connectivity index (χ0) is 84.2. The maximum atomic E-state index is 16.0. The second-order valence-corrected chi connectivity index (χ2v) is 29.7. The van der Waals surface area contributed by atoms with Crippen molar-refractivity contribution >= 4 is 53.7 Å². The summed E-state index contributed by atoms with van der Waals surface area (Å²) >= 11 is 0. The Morgan fingerprint density at radius 3 is 0.777 bits per heavy atom. The zero-order valence-corrected chi connectivity index (χ0v) is 67.6. The molecule has 0 aromatic heterocycles. The number of carbonyl (C=O) groups excluding carboxylic acids is 9. The van der Waals surface area contributed by atoms with Crippen LogP contribution in [0.3, 0.4) is 0 Å². The van der Waals surface area contributed by atoms with Crippen molar-refractivity contribution in [2.75, 3.05) is 0 Å². The van der Waals surface area contributed by atoms with Gasteiger partial charge in [0.2, 0.25) is 11.5 Å². The Bertz CT molecular complexity index is 5080. The molecule has 121 heavy (non-hydrogen) atoms. The largest absolute Gasteiger partial charge is 0.481 e. The first-order valence-corrected chi connectivity index (χ1v) is 41.5. The molecule has 19 nitrogen and oxygen atoms in total. The van der Waals surface area contributed by atoms with Gasteiger partial charge in [0.1, 0.15) is 23.4 Å². The Morgan fingerprint density at radius 2 is 0.504 bits per heavy atom. The summed E-state index contributed by atoms with van der Waals surface area (Å²) in [5.74, 6) is -9.95. The predicted molar refractivity (Wildman–Crippen MR) is 456 cm³/mol. The number of ether oxygens (including phenoxy) is 10. The van der Waals surface area contributed by atoms with Crippen molar-refractivity contribution in [2.45, 2.75) is 173 Å². The molecule has 12 rings (SSSR count). The molecule has 620 valence electrons. The molecular weight excluding hydrogens is 1530 g/mol. The Hall–Kier alpha value is -13.6. The van der Waals surface area contributed by atoms with Crippen LogP contribution in [0.2, 0.25) is 0 Å². The molecule has 0 aliphatic carbocycles. The molecule has 0 fully saturated rings. The highest BCUT2D eigenvalue weighted by Gasteiger charge is 2.40. The molecule has 1 aliphatic heterocycles. The predicted octanol–water partition coefficient (Wildman–Crippen LogP) is 20.0. The number of rotatable bonds is 43. The van der Waals surface area contributed by atoms with Gasteiger partial charge in [-0.25, -0.2) is 4.79 Å². The van der Waals surface area contributed by atoms with E-state index < -0.39 is 94.5 Å². The third kappa shape index (κ3) is 28.3. The summed E-state index contributed by atoms with van der Waals surface area (Å²) in [6.07, 6.45) is 2.30. The number of esters is 9. The third-order valence-electron chi connectivity index (χ3n) is 20.3. The van der Waals surface area contributed by atoms with Crippen LogP contribution in [-0.4, -0.2) is 59.8 Å². The molecule has 0 saturated carbocycles. The van der Waals surface area contributed by atoms with E-state index in [1.165, 1.54) is 24.3 Å². The van der Waals surface area contributed by atoms with Crippen molar-refractivity contribution in [2.24, 2.45) is 0 Å². The molecule has 11 aromatic carbocycles. The summed E-state index contributed by atoms with van der Waals surface area (Å²) in [6, 6.07) is 84.2. The van der Waals surface area contributed by atoms with Gasteiger partial charge in [0.15, 0.2) is 29.1 Å². The van der Waals surface area contributed by atoms with E-state index in [0.717, 1.165) is 56.6 Å². The lowest BCUT2D eigenvalue weighted by molar-refractivity contribution is -0.138. The van der Waals surface area contributed by atoms with E-state index in [4.69, 9.17) is 47.4 Å². The number of hydrogen-bond acceptors (Lipinski definition) is 19. The summed E-state index contributed by atoms with van der Waals surface area (Å²) in [6.45, 7) is 0. The maximum Gasteiger partial charge on any atom is 0.338 e. The van der Waals surface area contributed by atoms with E-state index in [9.17, 15) is 38.4 Å². The van der Waals surface area contributed by atoms with Gasteiger partial charge in [-0.15, -0.1) is 0 Å². The minimum Gasteiger partial charge on any atom is -0.481 e. The zero-order valence-electron chi connectivity index (χ0n) is 67.6. The first-order chi connectivity index (χ1) is 59.1. The van der Waals surface area contributed by atoms with Crippen molar-refractivity contribution < 1.29 is 90.5 Å². The van der Waals surface area contributed by atoms with Gasteiger partial charge in [-0.05, 0) is 172 Å². The molecule has 1 unspecified atom stereocenters. The van der Waals surface area contributed by atoms with E-state index in [2.05, 4.69) is 0 Å². The lowest BCUT2D eigenvalue weighted by Crippen LogP contribution is -2.35. The smallest absolute Gasteiger partial charge is 0.338 e. The number of benzene rings is 11. The van der Waals surface area contributed by atoms with Crippen LogP contribution >= 0.6 is 0 Å². The fourth-order valence-electron chi connectivity index (χ4n) is 14.2. The van der Waals surface area contributed by atoms with Crippen LogP contribution < -0.4 is 42.6 Å². The van der Waals surface area contributed by atoms with E-state index in [1.807, 2.05) is 243 Å². The molecule has 0 amide bonds. The van der Waals surface area contributed by atoms with Gasteiger partial charge in [-0.2, -0.15) is 0 Å². The quantitative estimate of drug-likeness (QED) is 0.0254. The van der Waals surface area contributed by atoms with Gasteiger partial charge in [0.25, 0.3) is 0 Å². The number of aryl methyl sites for hydroxylation is 8. The first-order valence-electron chi connectivity index (χ1n) is 41.5. The summed E-state index contributed by atoms with van der Waals surface area (Å²) < 4.78 is 63.5. The minimum absolute atomic E-state index is 0.000896. The summed E-state index contributed by atoms with van der Waals surface area (Å²) in [7, 11) is 0. The van der Waals surface area contributed by atoms with Crippen LogP contribution in [0.25, 0.3) is 0 Å². The Morgan fingerprint density at radius 1 is 0.264 bits per heavy atom. The first kappa shape index (κ1) is 86.8. The van der Waals surface area contributed by atoms with Crippen LogP contribution in [0.4, 0.5) is 0 Å². The van der Waals surface area contributed by atoms with Crippen LogP contribution in [0.15, 0.2) is 279 Å². The maximum absolute atomic E-state index is 16.0. The second kappa shape index (κ2) is 46.0. The molecule has 0 saturated heterocycles. The van der Waals surface area contributed by atoms with Crippen LogP contribution in [-0.2, 0) is 101 Å². The molecule has 1 heterocycles. The molecular formula is C102H98O19. The molecule has 2 atom stereocenters. The van der Waals surface area contributed by atoms with Crippen LogP contribution in [0.5, 0.6) is 51.7 Å². The van der Waals surface area contributed by atoms with Crippen molar-refractivity contribution in [3.05, 3.63) is 340 Å². The highest BCUT2D eigenvalue weighted by Crippen LogP contribution is 2.49. The molecule has 0 radical (unpaired) electrons. The van der Waals surface area contributed by atoms with E-state index in [0.29, 0.717) is 103 Å². The van der Waals surface area contributed by atoms with Gasteiger partial charge >= 0.3 is 53.7 Å². The SMILES string of the molecule is O=C(CCCc1ccccc1)Oc1cc(OC(=O)CCCc2ccccc2)c2c(c1)OC(c1cc(OC(=O)CCCc3ccccc3)c(OC(=O)CCCc3ccccc3)c(OC(=O)CCCc3ccccc3)c1)[C@H](OC(=O)c1cc(OC(=O)CCCc3ccccc3)c(OC(=O)CCCc3ccccc3)c(OC(=O)CCCc3ccccc3)c1)C2. The summed E-state index contributed by atoms with van der Waals surface area (Å²) in [5, 5.41) is 0. The number of carbonyl (C=O) groups is 9. The van der Waals surface area contributed by atoms with Gasteiger partial charge < -0.3 is 47.4 Å². The summed E-state index contributed by atoms with van der Waals surface area (Å²) in [5.41, 5.74) is 7.54. The third-order valence-corrected chi connectivity index (χ3v) is 20.3. The molecule has 19 heteroatoms. The fourth-order valence-corrected chi connectivity index (χ4v) is 14.2. The molecule has 11 aromatic rings. The topological polar surface area (TPSA) is 246 Å². The molecule has 0 spiro atoms. The average Bonchev–Trinajstić information content (AvgIpc) is 0.757. The van der Waals surface area contributed by atoms with Crippen molar-refractivity contribution in [1.82, 2.24) is 0 Å². The lowest BCUT2D eigenvalue weighted by Gasteiger charge is -2.35. The van der Waals surface area contributed by atoms with Gasteiger partial charge in [-0.1, -0.05) is 243 Å². The fraction of sp³-hybridized carbons (Fsp3) is 0.265. The van der Waals surface area contributed by atoms with E-state index in [1.54, 1.807) is 0 Å². The number of hydrogen-bond donors (Lipinski definition) is 0. The van der Waals surface area contributed by atoms with Gasteiger partial charge in [-0.3, -0.25) is 38.4 Å². The monoisotopic (exact) mass is 1630 g/mol. The lowest BCUT2D eigenvalue weighted by atomic mass is 9.93. The average molecular weight is 1630 g/mol. The van der Waals surface area contributed by atoms with Gasteiger partial charge in [0.05, 0.1) is 5.56 Å². The second-order valence-electron chi connectivity index (χ2n) is 29.7. The number of fused-ring (bicyclic) bond motifs is 1.